The molecule has 0 aromatic heterocycles. The summed E-state index contributed by atoms with van der Waals surface area (Å²) in [6.07, 6.45) is 8.20. The molecular weight excluding hydrogens is 294 g/mol. The molecule has 1 unspecified atom stereocenters. The van der Waals surface area contributed by atoms with Gasteiger partial charge in [0.15, 0.2) is 5.96 Å². The van der Waals surface area contributed by atoms with Crippen molar-refractivity contribution in [2.24, 2.45) is 10.9 Å². The minimum Gasteiger partial charge on any atom is -0.381 e. The van der Waals surface area contributed by atoms with Gasteiger partial charge in [0.1, 0.15) is 0 Å². The van der Waals surface area contributed by atoms with Gasteiger partial charge in [0.2, 0.25) is 0 Å². The van der Waals surface area contributed by atoms with Crippen LogP contribution in [0.15, 0.2) is 4.99 Å². The lowest BCUT2D eigenvalue weighted by Crippen LogP contribution is -2.49. The number of aliphatic imine (C=N–C) groups is 1. The van der Waals surface area contributed by atoms with E-state index in [1.165, 1.54) is 19.3 Å². The van der Waals surface area contributed by atoms with Crippen molar-refractivity contribution in [3.05, 3.63) is 0 Å². The number of nitrogens with zero attached hydrogens (tertiary/aromatic N) is 1. The molecule has 22 heavy (non-hydrogen) atoms. The second kappa shape index (κ2) is 10.4. The van der Waals surface area contributed by atoms with Crippen molar-refractivity contribution in [1.82, 2.24) is 10.6 Å². The van der Waals surface area contributed by atoms with Crippen LogP contribution in [0.25, 0.3) is 0 Å². The van der Waals surface area contributed by atoms with Crippen LogP contribution in [0.5, 0.6) is 0 Å². The molecule has 1 heterocycles. The Kier molecular flexibility index (Phi) is 9.25. The molecule has 0 aliphatic carbocycles. The van der Waals surface area contributed by atoms with Crippen LogP contribution in [0.2, 0.25) is 0 Å². The van der Waals surface area contributed by atoms with E-state index in [0.717, 1.165) is 44.5 Å². The summed E-state index contributed by atoms with van der Waals surface area (Å²) in [5.41, 5.74) is 0. The van der Waals surface area contributed by atoms with E-state index in [0.29, 0.717) is 6.04 Å². The van der Waals surface area contributed by atoms with Crippen LogP contribution >= 0.6 is 11.8 Å². The highest BCUT2D eigenvalue weighted by Crippen LogP contribution is 2.32. The lowest BCUT2D eigenvalue weighted by molar-refractivity contribution is 0.0782. The number of hydrogen-bond acceptors (Lipinski definition) is 3. The third-order valence-electron chi connectivity index (χ3n) is 4.44. The Morgan fingerprint density at radius 2 is 1.91 bits per heavy atom. The highest BCUT2D eigenvalue weighted by atomic mass is 32.2. The number of rotatable bonds is 8. The molecule has 0 aromatic carbocycles. The zero-order valence-electron chi connectivity index (χ0n) is 15.1. The van der Waals surface area contributed by atoms with Gasteiger partial charge in [-0.15, -0.1) is 0 Å². The molecule has 1 rings (SSSR count). The smallest absolute Gasteiger partial charge is 0.191 e. The van der Waals surface area contributed by atoms with Gasteiger partial charge >= 0.3 is 0 Å². The van der Waals surface area contributed by atoms with Gasteiger partial charge in [-0.3, -0.25) is 4.99 Å². The molecule has 0 radical (unpaired) electrons. The van der Waals surface area contributed by atoms with Gasteiger partial charge < -0.3 is 15.4 Å². The van der Waals surface area contributed by atoms with Gasteiger partial charge in [0, 0.05) is 37.6 Å². The summed E-state index contributed by atoms with van der Waals surface area (Å²) in [6.45, 7) is 9.52. The van der Waals surface area contributed by atoms with Crippen LogP contribution in [-0.4, -0.2) is 49.8 Å². The van der Waals surface area contributed by atoms with E-state index in [-0.39, 0.29) is 4.75 Å². The van der Waals surface area contributed by atoms with Crippen molar-refractivity contribution in [2.75, 3.05) is 33.1 Å². The van der Waals surface area contributed by atoms with Gasteiger partial charge in [-0.2, -0.15) is 11.8 Å². The first kappa shape index (κ1) is 19.6. The standard InChI is InChI=1S/C17H35N3OS/c1-14(2)7-6-8-15(3)20-16(18-4)19-13-17(22-5)9-11-21-12-10-17/h14-15H,6-13H2,1-5H3,(H2,18,19,20). The van der Waals surface area contributed by atoms with E-state index in [2.05, 4.69) is 42.7 Å². The zero-order chi connectivity index (χ0) is 16.4. The molecule has 0 bridgehead atoms. The van der Waals surface area contributed by atoms with Crippen LogP contribution in [0, 0.1) is 5.92 Å². The second-order valence-corrected chi connectivity index (χ2v) is 8.07. The number of ether oxygens (including phenoxy) is 1. The van der Waals surface area contributed by atoms with Crippen LogP contribution in [0.4, 0.5) is 0 Å². The molecule has 130 valence electrons. The van der Waals surface area contributed by atoms with Gasteiger partial charge in [-0.25, -0.2) is 0 Å². The van der Waals surface area contributed by atoms with Crippen LogP contribution in [-0.2, 0) is 4.74 Å². The molecular formula is C17H35N3OS. The molecule has 1 saturated heterocycles. The Morgan fingerprint density at radius 1 is 1.23 bits per heavy atom. The summed E-state index contributed by atoms with van der Waals surface area (Å²) in [7, 11) is 1.85. The maximum absolute atomic E-state index is 5.50. The fraction of sp³-hybridized carbons (Fsp3) is 0.941. The van der Waals surface area contributed by atoms with E-state index in [9.17, 15) is 0 Å². The van der Waals surface area contributed by atoms with Crippen molar-refractivity contribution >= 4 is 17.7 Å². The highest BCUT2D eigenvalue weighted by molar-refractivity contribution is 8.00. The van der Waals surface area contributed by atoms with Crippen molar-refractivity contribution in [2.45, 2.75) is 63.7 Å². The Labute approximate surface area is 141 Å². The fourth-order valence-corrected chi connectivity index (χ4v) is 3.57. The summed E-state index contributed by atoms with van der Waals surface area (Å²) in [5, 5.41) is 7.04. The van der Waals surface area contributed by atoms with Gasteiger partial charge in [0.05, 0.1) is 0 Å². The molecule has 0 amide bonds. The maximum atomic E-state index is 5.50. The first-order valence-electron chi connectivity index (χ1n) is 8.61. The average Bonchev–Trinajstić information content (AvgIpc) is 2.52. The molecule has 1 fully saturated rings. The summed E-state index contributed by atoms with van der Waals surface area (Å²) in [5.74, 6) is 1.72. The normalized spacial score (nSPS) is 20.0. The Bertz CT molecular complexity index is 328. The number of guanidine groups is 1. The molecule has 2 N–H and O–H groups in total. The Hall–Kier alpha value is -0.420. The number of hydrogen-bond donors (Lipinski definition) is 2. The van der Waals surface area contributed by atoms with Crippen molar-refractivity contribution in [3.63, 3.8) is 0 Å². The zero-order valence-corrected chi connectivity index (χ0v) is 15.9. The molecule has 1 aliphatic heterocycles. The van der Waals surface area contributed by atoms with E-state index in [4.69, 9.17) is 4.74 Å². The Morgan fingerprint density at radius 3 is 2.45 bits per heavy atom. The van der Waals surface area contributed by atoms with Crippen LogP contribution in [0.1, 0.15) is 52.9 Å². The SMILES string of the molecule is CN=C(NCC1(SC)CCOCC1)NC(C)CCCC(C)C. The third kappa shape index (κ3) is 7.23. The summed E-state index contributed by atoms with van der Waals surface area (Å²) in [6, 6.07) is 0.463. The fourth-order valence-electron chi connectivity index (χ4n) is 2.77. The van der Waals surface area contributed by atoms with Crippen molar-refractivity contribution in [3.8, 4) is 0 Å². The lowest BCUT2D eigenvalue weighted by Gasteiger charge is -2.36. The summed E-state index contributed by atoms with van der Waals surface area (Å²) < 4.78 is 5.79. The number of nitrogens with one attached hydrogen (secondary N) is 2. The molecule has 4 nitrogen and oxygen atoms in total. The summed E-state index contributed by atoms with van der Waals surface area (Å²) >= 11 is 1.96. The summed E-state index contributed by atoms with van der Waals surface area (Å²) in [4.78, 5) is 4.37. The molecule has 0 spiro atoms. The first-order chi connectivity index (χ1) is 10.5. The van der Waals surface area contributed by atoms with Crippen molar-refractivity contribution in [1.29, 1.82) is 0 Å². The number of thioether (sulfide) groups is 1. The minimum absolute atomic E-state index is 0.288. The van der Waals surface area contributed by atoms with E-state index in [1.807, 2.05) is 18.8 Å². The highest BCUT2D eigenvalue weighted by Gasteiger charge is 2.31. The van der Waals surface area contributed by atoms with E-state index in [1.54, 1.807) is 0 Å². The average molecular weight is 330 g/mol. The third-order valence-corrected chi connectivity index (χ3v) is 5.86. The largest absolute Gasteiger partial charge is 0.381 e. The molecule has 0 aromatic rings. The van der Waals surface area contributed by atoms with Crippen molar-refractivity contribution < 1.29 is 4.74 Å². The molecule has 5 heteroatoms. The minimum atomic E-state index is 0.288. The quantitative estimate of drug-likeness (QED) is 0.530. The topological polar surface area (TPSA) is 45.7 Å². The first-order valence-corrected chi connectivity index (χ1v) is 9.84. The predicted octanol–water partition coefficient (Wildman–Crippen LogP) is 3.28. The Balaban J connectivity index is 2.35. The predicted molar refractivity (Wildman–Crippen MR) is 98.9 cm³/mol. The molecule has 1 atom stereocenters. The lowest BCUT2D eigenvalue weighted by atomic mass is 9.99. The van der Waals surface area contributed by atoms with Crippen LogP contribution < -0.4 is 10.6 Å². The van der Waals surface area contributed by atoms with E-state index < -0.39 is 0 Å². The second-order valence-electron chi connectivity index (χ2n) is 6.80. The maximum Gasteiger partial charge on any atom is 0.191 e. The van der Waals surface area contributed by atoms with Gasteiger partial charge in [-0.05, 0) is 38.4 Å². The van der Waals surface area contributed by atoms with Gasteiger partial charge in [-0.1, -0.05) is 26.7 Å². The molecule has 1 aliphatic rings. The van der Waals surface area contributed by atoms with Crippen LogP contribution in [0.3, 0.4) is 0 Å². The monoisotopic (exact) mass is 329 g/mol. The van der Waals surface area contributed by atoms with Gasteiger partial charge in [0.25, 0.3) is 0 Å². The molecule has 0 saturated carbocycles. The van der Waals surface area contributed by atoms with E-state index >= 15 is 0 Å².